The van der Waals surface area contributed by atoms with Crippen molar-refractivity contribution in [1.82, 2.24) is 25.1 Å². The molecule has 31 heavy (non-hydrogen) atoms. The number of alkyl halides is 3. The van der Waals surface area contributed by atoms with Gasteiger partial charge in [0, 0.05) is 31.9 Å². The van der Waals surface area contributed by atoms with E-state index in [0.717, 1.165) is 29.7 Å². The molecule has 11 heteroatoms. The molecule has 0 atom stereocenters. The number of hydrogen-bond acceptors (Lipinski definition) is 8. The first kappa shape index (κ1) is 20.0. The summed E-state index contributed by atoms with van der Waals surface area (Å²) in [5.41, 5.74) is 1.87. The van der Waals surface area contributed by atoms with E-state index in [1.165, 1.54) is 19.2 Å². The predicted molar refractivity (Wildman–Crippen MR) is 105 cm³/mol. The third-order valence-corrected chi connectivity index (χ3v) is 5.54. The minimum Gasteiger partial charge on any atom is -0.477 e. The third kappa shape index (κ3) is 4.55. The third-order valence-electron chi connectivity index (χ3n) is 5.54. The average Bonchev–Trinajstić information content (AvgIpc) is 3.47. The second-order valence-electron chi connectivity index (χ2n) is 7.90. The van der Waals surface area contributed by atoms with Gasteiger partial charge in [-0.1, -0.05) is 0 Å². The van der Waals surface area contributed by atoms with Crippen molar-refractivity contribution in [2.45, 2.75) is 25.6 Å². The van der Waals surface area contributed by atoms with Crippen molar-refractivity contribution in [3.05, 3.63) is 36.3 Å². The van der Waals surface area contributed by atoms with E-state index in [9.17, 15) is 13.2 Å². The quantitative estimate of drug-likeness (QED) is 0.586. The SMILES string of the molecule is FC(F)(F)c1nnc(CN2CCN(c3ccc4ncnc(OCC5CC5)c4c3)CC2)o1. The molecule has 0 amide bonds. The normalized spacial score (nSPS) is 18.0. The van der Waals surface area contributed by atoms with Crippen LogP contribution in [0.25, 0.3) is 10.9 Å². The lowest BCUT2D eigenvalue weighted by atomic mass is 10.2. The van der Waals surface area contributed by atoms with Gasteiger partial charge in [-0.25, -0.2) is 9.97 Å². The van der Waals surface area contributed by atoms with Crippen LogP contribution in [0.4, 0.5) is 18.9 Å². The Morgan fingerprint density at radius 2 is 1.87 bits per heavy atom. The Morgan fingerprint density at radius 3 is 2.58 bits per heavy atom. The van der Waals surface area contributed by atoms with Gasteiger partial charge in [0.15, 0.2) is 0 Å². The molecule has 3 heterocycles. The molecule has 1 saturated carbocycles. The number of ether oxygens (including phenoxy) is 1. The summed E-state index contributed by atoms with van der Waals surface area (Å²) in [6.07, 6.45) is -0.686. The number of nitrogens with zero attached hydrogens (tertiary/aromatic N) is 6. The van der Waals surface area contributed by atoms with Crippen LogP contribution in [-0.4, -0.2) is 57.9 Å². The molecule has 1 aliphatic carbocycles. The van der Waals surface area contributed by atoms with E-state index >= 15 is 0 Å². The number of halogens is 3. The van der Waals surface area contributed by atoms with Gasteiger partial charge in [-0.05, 0) is 37.0 Å². The first-order chi connectivity index (χ1) is 15.0. The zero-order valence-electron chi connectivity index (χ0n) is 16.7. The summed E-state index contributed by atoms with van der Waals surface area (Å²) >= 11 is 0. The molecule has 1 aromatic carbocycles. The van der Waals surface area contributed by atoms with Gasteiger partial charge in [-0.3, -0.25) is 4.90 Å². The Labute approximate surface area is 176 Å². The summed E-state index contributed by atoms with van der Waals surface area (Å²) in [5.74, 6) is -0.0955. The lowest BCUT2D eigenvalue weighted by Gasteiger charge is -2.35. The number of benzene rings is 1. The molecule has 0 N–H and O–H groups in total. The van der Waals surface area contributed by atoms with E-state index < -0.39 is 12.1 Å². The van der Waals surface area contributed by atoms with Crippen LogP contribution in [0.3, 0.4) is 0 Å². The van der Waals surface area contributed by atoms with Crippen LogP contribution in [0.5, 0.6) is 5.88 Å². The van der Waals surface area contributed by atoms with Crippen LogP contribution in [0.15, 0.2) is 28.9 Å². The van der Waals surface area contributed by atoms with Crippen LogP contribution in [-0.2, 0) is 12.7 Å². The summed E-state index contributed by atoms with van der Waals surface area (Å²) in [7, 11) is 0. The van der Waals surface area contributed by atoms with Crippen LogP contribution in [0.2, 0.25) is 0 Å². The summed E-state index contributed by atoms with van der Waals surface area (Å²) < 4.78 is 48.5. The van der Waals surface area contributed by atoms with Crippen molar-refractivity contribution in [1.29, 1.82) is 0 Å². The number of anilines is 1. The zero-order valence-corrected chi connectivity index (χ0v) is 16.7. The van der Waals surface area contributed by atoms with E-state index in [4.69, 9.17) is 9.15 Å². The molecule has 0 bridgehead atoms. The van der Waals surface area contributed by atoms with Gasteiger partial charge >= 0.3 is 12.1 Å². The summed E-state index contributed by atoms with van der Waals surface area (Å²) in [4.78, 5) is 12.9. The maximum Gasteiger partial charge on any atom is 0.470 e. The lowest BCUT2D eigenvalue weighted by Crippen LogP contribution is -2.46. The molecule has 1 aliphatic heterocycles. The Morgan fingerprint density at radius 1 is 1.06 bits per heavy atom. The van der Waals surface area contributed by atoms with Crippen molar-refractivity contribution in [3.8, 4) is 5.88 Å². The summed E-state index contributed by atoms with van der Waals surface area (Å²) in [6.45, 7) is 3.65. The van der Waals surface area contributed by atoms with Crippen molar-refractivity contribution in [2.75, 3.05) is 37.7 Å². The van der Waals surface area contributed by atoms with E-state index in [1.807, 2.05) is 23.1 Å². The van der Waals surface area contributed by atoms with Gasteiger partial charge in [0.1, 0.15) is 6.33 Å². The Balaban J connectivity index is 1.23. The molecule has 0 spiro atoms. The fourth-order valence-corrected chi connectivity index (χ4v) is 3.60. The first-order valence-electron chi connectivity index (χ1n) is 10.2. The number of piperazine rings is 1. The predicted octanol–water partition coefficient (Wildman–Crippen LogP) is 3.14. The molecule has 2 fully saturated rings. The molecule has 0 radical (unpaired) electrons. The standard InChI is InChI=1S/C20H21F3N6O2/c21-20(22,23)19-27-26-17(31-19)10-28-5-7-29(8-6-28)14-3-4-16-15(9-14)18(25-12-24-16)30-11-13-1-2-13/h3-4,9,12-13H,1-2,5-8,10-11H2. The van der Waals surface area contributed by atoms with Crippen molar-refractivity contribution < 1.29 is 22.3 Å². The minimum atomic E-state index is -4.62. The topological polar surface area (TPSA) is 80.4 Å². The zero-order chi connectivity index (χ0) is 21.4. The van der Waals surface area contributed by atoms with E-state index in [2.05, 4.69) is 25.1 Å². The maximum atomic E-state index is 12.6. The van der Waals surface area contributed by atoms with E-state index in [0.29, 0.717) is 31.5 Å². The largest absolute Gasteiger partial charge is 0.477 e. The summed E-state index contributed by atoms with van der Waals surface area (Å²) in [6, 6.07) is 6.02. The molecular weight excluding hydrogens is 413 g/mol. The number of rotatable bonds is 6. The van der Waals surface area contributed by atoms with Gasteiger partial charge in [-0.15, -0.1) is 10.2 Å². The van der Waals surface area contributed by atoms with Gasteiger partial charge in [0.25, 0.3) is 0 Å². The molecule has 164 valence electrons. The minimum absolute atomic E-state index is 0.0268. The second kappa shape index (κ2) is 7.95. The Bertz CT molecular complexity index is 1060. The highest BCUT2D eigenvalue weighted by molar-refractivity contribution is 5.86. The first-order valence-corrected chi connectivity index (χ1v) is 10.2. The van der Waals surface area contributed by atoms with Gasteiger partial charge in [0.05, 0.1) is 24.1 Å². The Kier molecular flexibility index (Phi) is 5.12. The molecule has 1 saturated heterocycles. The van der Waals surface area contributed by atoms with Gasteiger partial charge in [-0.2, -0.15) is 13.2 Å². The fourth-order valence-electron chi connectivity index (χ4n) is 3.60. The monoisotopic (exact) mass is 434 g/mol. The van der Waals surface area contributed by atoms with E-state index in [1.54, 1.807) is 0 Å². The van der Waals surface area contributed by atoms with Crippen LogP contribution < -0.4 is 9.64 Å². The van der Waals surface area contributed by atoms with Crippen molar-refractivity contribution >= 4 is 16.6 Å². The highest BCUT2D eigenvalue weighted by Crippen LogP contribution is 2.32. The molecule has 8 nitrogen and oxygen atoms in total. The van der Waals surface area contributed by atoms with Gasteiger partial charge in [0.2, 0.25) is 11.8 Å². The van der Waals surface area contributed by atoms with Gasteiger partial charge < -0.3 is 14.1 Å². The van der Waals surface area contributed by atoms with E-state index in [-0.39, 0.29) is 12.4 Å². The van der Waals surface area contributed by atoms with Crippen LogP contribution >= 0.6 is 0 Å². The highest BCUT2D eigenvalue weighted by atomic mass is 19.4. The Hall–Kier alpha value is -2.95. The maximum absolute atomic E-state index is 12.6. The summed E-state index contributed by atoms with van der Waals surface area (Å²) in [5, 5.41) is 7.48. The van der Waals surface area contributed by atoms with Crippen LogP contribution in [0, 0.1) is 5.92 Å². The highest BCUT2D eigenvalue weighted by Gasteiger charge is 2.38. The number of fused-ring (bicyclic) bond motifs is 1. The molecular formula is C20H21F3N6O2. The van der Waals surface area contributed by atoms with Crippen molar-refractivity contribution in [2.24, 2.45) is 5.92 Å². The van der Waals surface area contributed by atoms with Crippen LogP contribution in [0.1, 0.15) is 24.6 Å². The fraction of sp³-hybridized carbons (Fsp3) is 0.500. The second-order valence-corrected chi connectivity index (χ2v) is 7.90. The molecule has 2 aliphatic rings. The molecule has 3 aromatic rings. The lowest BCUT2D eigenvalue weighted by molar-refractivity contribution is -0.157. The molecule has 2 aromatic heterocycles. The van der Waals surface area contributed by atoms with Crippen molar-refractivity contribution in [3.63, 3.8) is 0 Å². The molecule has 0 unspecified atom stereocenters. The smallest absolute Gasteiger partial charge is 0.470 e. The number of aromatic nitrogens is 4. The number of hydrogen-bond donors (Lipinski definition) is 0. The average molecular weight is 434 g/mol. The molecule has 5 rings (SSSR count).